The van der Waals surface area contributed by atoms with Crippen LogP contribution in [-0.2, 0) is 18.4 Å². The fourth-order valence-corrected chi connectivity index (χ4v) is 8.82. The number of thiazole rings is 1. The number of aliphatic hydroxyl groups excluding tert-OH is 1. The molecule has 0 saturated heterocycles. The van der Waals surface area contributed by atoms with E-state index in [9.17, 15) is 13.9 Å². The van der Waals surface area contributed by atoms with Crippen molar-refractivity contribution in [1.82, 2.24) is 4.98 Å². The van der Waals surface area contributed by atoms with E-state index in [0.29, 0.717) is 29.9 Å². The first-order valence-corrected chi connectivity index (χ1v) is 13.1. The smallest absolute Gasteiger partial charge is 0.183 e. The Kier molecular flexibility index (Phi) is 5.01. The van der Waals surface area contributed by atoms with Crippen molar-refractivity contribution in [2.75, 3.05) is 5.32 Å². The van der Waals surface area contributed by atoms with Gasteiger partial charge >= 0.3 is 0 Å². The summed E-state index contributed by atoms with van der Waals surface area (Å²) in [7, 11) is 0. The summed E-state index contributed by atoms with van der Waals surface area (Å²) in [4.78, 5) is 6.44. The number of nitrogens with zero attached hydrogens (tertiary/aromatic N) is 1. The first kappa shape index (κ1) is 21.7. The number of nitrogens with one attached hydrogen (secondary N) is 1. The van der Waals surface area contributed by atoms with Crippen LogP contribution in [0.3, 0.4) is 0 Å². The van der Waals surface area contributed by atoms with Gasteiger partial charge in [-0.25, -0.2) is 13.8 Å². The van der Waals surface area contributed by atoms with Gasteiger partial charge in [0, 0.05) is 16.8 Å². The third-order valence-corrected chi connectivity index (χ3v) is 10.6. The van der Waals surface area contributed by atoms with E-state index >= 15 is 0 Å². The van der Waals surface area contributed by atoms with Crippen molar-refractivity contribution in [1.29, 1.82) is 0 Å². The molecule has 6 heteroatoms. The number of aliphatic hydroxyl groups is 1. The molecule has 0 amide bonds. The molecular weight excluding hydrogens is 438 g/mol. The standard InChI is InChI=1S/C27H32F2N2OS/c1-26-9-7-17(32)12-16(26)4-5-18-19(26)8-10-27(2)20(18)13-23-24(27)31-25(33-23)30-14-15-3-6-21(28)22(29)11-15/h3-4,6,11,17-20,32H,5,7-10,12-14H2,1-2H3,(H,30,31). The van der Waals surface area contributed by atoms with Crippen molar-refractivity contribution in [3.8, 4) is 0 Å². The molecule has 1 aromatic carbocycles. The van der Waals surface area contributed by atoms with Crippen molar-refractivity contribution in [2.45, 2.75) is 76.9 Å². The Morgan fingerprint density at radius 2 is 1.91 bits per heavy atom. The van der Waals surface area contributed by atoms with Crippen LogP contribution in [0, 0.1) is 34.8 Å². The van der Waals surface area contributed by atoms with Crippen LogP contribution in [0.1, 0.15) is 68.5 Å². The molecule has 2 saturated carbocycles. The van der Waals surface area contributed by atoms with E-state index in [-0.39, 0.29) is 16.9 Å². The number of hydrogen-bond donors (Lipinski definition) is 2. The number of halogens is 2. The second-order valence-corrected chi connectivity index (χ2v) is 12.3. The quantitative estimate of drug-likeness (QED) is 0.512. The van der Waals surface area contributed by atoms with E-state index in [0.717, 1.165) is 37.2 Å². The number of fused-ring (bicyclic) bond motifs is 7. The van der Waals surface area contributed by atoms with Gasteiger partial charge in [0.25, 0.3) is 0 Å². The van der Waals surface area contributed by atoms with E-state index in [4.69, 9.17) is 4.98 Å². The third-order valence-electron chi connectivity index (χ3n) is 9.54. The van der Waals surface area contributed by atoms with E-state index in [1.54, 1.807) is 17.4 Å². The highest BCUT2D eigenvalue weighted by molar-refractivity contribution is 7.15. The number of benzene rings is 1. The van der Waals surface area contributed by atoms with Gasteiger partial charge in [0.05, 0.1) is 11.8 Å². The van der Waals surface area contributed by atoms with Crippen LogP contribution in [0.25, 0.3) is 0 Å². The summed E-state index contributed by atoms with van der Waals surface area (Å²) in [6.07, 6.45) is 9.87. The summed E-state index contributed by atoms with van der Waals surface area (Å²) in [5, 5.41) is 14.4. The number of allylic oxidation sites excluding steroid dienone is 1. The summed E-state index contributed by atoms with van der Waals surface area (Å²) in [5.74, 6) is 0.404. The van der Waals surface area contributed by atoms with Crippen LogP contribution < -0.4 is 5.32 Å². The van der Waals surface area contributed by atoms with Crippen molar-refractivity contribution in [2.24, 2.45) is 23.2 Å². The largest absolute Gasteiger partial charge is 0.393 e. The van der Waals surface area contributed by atoms with E-state index in [1.807, 2.05) is 0 Å². The van der Waals surface area contributed by atoms with Crippen molar-refractivity contribution in [3.05, 3.63) is 57.6 Å². The molecule has 0 spiro atoms. The van der Waals surface area contributed by atoms with Crippen molar-refractivity contribution in [3.63, 3.8) is 0 Å². The molecule has 0 aliphatic heterocycles. The van der Waals surface area contributed by atoms with Gasteiger partial charge in [0.15, 0.2) is 16.8 Å². The van der Waals surface area contributed by atoms with Gasteiger partial charge in [-0.05, 0) is 85.8 Å². The zero-order valence-corrected chi connectivity index (χ0v) is 20.2. The Morgan fingerprint density at radius 1 is 1.09 bits per heavy atom. The summed E-state index contributed by atoms with van der Waals surface area (Å²) < 4.78 is 26.7. The Labute approximate surface area is 198 Å². The average Bonchev–Trinajstić information content (AvgIpc) is 3.32. The van der Waals surface area contributed by atoms with Crippen molar-refractivity contribution >= 4 is 16.5 Å². The molecule has 4 aliphatic rings. The van der Waals surface area contributed by atoms with Gasteiger partial charge in [0.2, 0.25) is 0 Å². The normalized spacial score (nSPS) is 36.9. The van der Waals surface area contributed by atoms with Crippen LogP contribution >= 0.6 is 11.3 Å². The van der Waals surface area contributed by atoms with E-state index < -0.39 is 11.6 Å². The lowest BCUT2D eigenvalue weighted by Crippen LogP contribution is -2.51. The van der Waals surface area contributed by atoms with E-state index in [1.165, 1.54) is 41.1 Å². The number of rotatable bonds is 3. The molecule has 6 atom stereocenters. The zero-order chi connectivity index (χ0) is 23.0. The predicted molar refractivity (Wildman–Crippen MR) is 127 cm³/mol. The molecule has 33 heavy (non-hydrogen) atoms. The molecule has 1 aromatic heterocycles. The SMILES string of the molecule is CC12CCC(O)CC1=CCC1C2CCC2(C)c3nc(NCc4ccc(F)c(F)c4)sc3CC12. The van der Waals surface area contributed by atoms with Crippen LogP contribution in [0.5, 0.6) is 0 Å². The summed E-state index contributed by atoms with van der Waals surface area (Å²) in [6, 6.07) is 4.04. The second kappa shape index (κ2) is 7.61. The highest BCUT2D eigenvalue weighted by Gasteiger charge is 2.58. The molecule has 2 N–H and O–H groups in total. The molecule has 0 bridgehead atoms. The van der Waals surface area contributed by atoms with Crippen LogP contribution in [0.4, 0.5) is 13.9 Å². The van der Waals surface area contributed by atoms with Crippen LogP contribution in [0.15, 0.2) is 29.8 Å². The number of hydrogen-bond acceptors (Lipinski definition) is 4. The zero-order valence-electron chi connectivity index (χ0n) is 19.3. The molecule has 4 aliphatic carbocycles. The minimum atomic E-state index is -0.815. The van der Waals surface area contributed by atoms with Crippen LogP contribution in [-0.4, -0.2) is 16.2 Å². The predicted octanol–water partition coefficient (Wildman–Crippen LogP) is 6.37. The maximum absolute atomic E-state index is 13.5. The van der Waals surface area contributed by atoms with Gasteiger partial charge in [0.1, 0.15) is 0 Å². The monoisotopic (exact) mass is 470 g/mol. The minimum absolute atomic E-state index is 0.116. The molecular formula is C27H32F2N2OS. The molecule has 6 unspecified atom stereocenters. The lowest BCUT2D eigenvalue weighted by molar-refractivity contribution is -0.0169. The molecule has 2 fully saturated rings. The van der Waals surface area contributed by atoms with Gasteiger partial charge in [-0.2, -0.15) is 0 Å². The summed E-state index contributed by atoms with van der Waals surface area (Å²) in [6.45, 7) is 5.32. The lowest BCUT2D eigenvalue weighted by atomic mass is 9.48. The molecule has 176 valence electrons. The van der Waals surface area contributed by atoms with Gasteiger partial charge in [-0.3, -0.25) is 0 Å². The molecule has 1 heterocycles. The maximum Gasteiger partial charge on any atom is 0.183 e. The van der Waals surface area contributed by atoms with Crippen molar-refractivity contribution < 1.29 is 13.9 Å². The fourth-order valence-electron chi connectivity index (χ4n) is 7.67. The van der Waals surface area contributed by atoms with Gasteiger partial charge in [-0.15, -0.1) is 11.3 Å². The lowest BCUT2D eigenvalue weighted by Gasteiger charge is -2.57. The second-order valence-electron chi connectivity index (χ2n) is 11.2. The van der Waals surface area contributed by atoms with Crippen LogP contribution in [0.2, 0.25) is 0 Å². The first-order valence-electron chi connectivity index (χ1n) is 12.3. The molecule has 0 radical (unpaired) electrons. The topological polar surface area (TPSA) is 45.2 Å². The highest BCUT2D eigenvalue weighted by atomic mass is 32.1. The first-order chi connectivity index (χ1) is 15.8. The average molecular weight is 471 g/mol. The third kappa shape index (κ3) is 3.31. The minimum Gasteiger partial charge on any atom is -0.393 e. The summed E-state index contributed by atoms with van der Waals surface area (Å²) >= 11 is 1.74. The Bertz CT molecular complexity index is 1130. The Hall–Kier alpha value is -1.79. The Balaban J connectivity index is 1.21. The summed E-state index contributed by atoms with van der Waals surface area (Å²) in [5.41, 5.74) is 3.86. The Morgan fingerprint density at radius 3 is 2.73 bits per heavy atom. The highest BCUT2D eigenvalue weighted by Crippen LogP contribution is 2.64. The maximum atomic E-state index is 13.5. The number of anilines is 1. The van der Waals surface area contributed by atoms with Gasteiger partial charge in [-0.1, -0.05) is 31.6 Å². The fraction of sp³-hybridized carbons (Fsp3) is 0.593. The van der Waals surface area contributed by atoms with E-state index in [2.05, 4.69) is 25.2 Å². The molecule has 2 aromatic rings. The van der Waals surface area contributed by atoms with Gasteiger partial charge < -0.3 is 10.4 Å². The molecule has 3 nitrogen and oxygen atoms in total. The molecule has 6 rings (SSSR count). The number of aromatic nitrogens is 1.